The van der Waals surface area contributed by atoms with Gasteiger partial charge in [0.2, 0.25) is 0 Å². The van der Waals surface area contributed by atoms with Gasteiger partial charge in [-0.25, -0.2) is 0 Å². The number of aliphatic hydroxyl groups is 1. The molecular formula is C6H12O2S. The SMILES string of the molecule is CCC1OCCSC1O. The topological polar surface area (TPSA) is 29.5 Å². The quantitative estimate of drug-likeness (QED) is 0.597. The van der Waals surface area contributed by atoms with Crippen LogP contribution in [0, 0.1) is 0 Å². The molecular weight excluding hydrogens is 136 g/mol. The highest BCUT2D eigenvalue weighted by molar-refractivity contribution is 7.99. The van der Waals surface area contributed by atoms with E-state index >= 15 is 0 Å². The van der Waals surface area contributed by atoms with E-state index in [0.717, 1.165) is 18.8 Å². The molecule has 0 aromatic carbocycles. The van der Waals surface area contributed by atoms with E-state index in [9.17, 15) is 5.11 Å². The Kier molecular flexibility index (Phi) is 2.82. The van der Waals surface area contributed by atoms with Crippen LogP contribution in [-0.2, 0) is 4.74 Å². The van der Waals surface area contributed by atoms with Crippen LogP contribution < -0.4 is 0 Å². The van der Waals surface area contributed by atoms with Crippen molar-refractivity contribution in [1.82, 2.24) is 0 Å². The third-order valence-corrected chi connectivity index (χ3v) is 2.47. The Bertz CT molecular complexity index is 87.1. The van der Waals surface area contributed by atoms with Gasteiger partial charge < -0.3 is 9.84 Å². The minimum absolute atomic E-state index is 0.0729. The van der Waals surface area contributed by atoms with Crippen LogP contribution in [0.3, 0.4) is 0 Å². The van der Waals surface area contributed by atoms with Crippen molar-refractivity contribution in [3.8, 4) is 0 Å². The van der Waals surface area contributed by atoms with Gasteiger partial charge in [-0.15, -0.1) is 11.8 Å². The summed E-state index contributed by atoms with van der Waals surface area (Å²) in [7, 11) is 0. The van der Waals surface area contributed by atoms with Crippen LogP contribution in [-0.4, -0.2) is 29.0 Å². The maximum Gasteiger partial charge on any atom is 0.125 e. The summed E-state index contributed by atoms with van der Waals surface area (Å²) in [6.45, 7) is 2.82. The Labute approximate surface area is 59.6 Å². The predicted molar refractivity (Wildman–Crippen MR) is 38.5 cm³/mol. The summed E-state index contributed by atoms with van der Waals surface area (Å²) in [6.07, 6.45) is 0.984. The fourth-order valence-electron chi connectivity index (χ4n) is 0.877. The van der Waals surface area contributed by atoms with Gasteiger partial charge in [-0.2, -0.15) is 0 Å². The molecule has 1 heterocycles. The zero-order valence-electron chi connectivity index (χ0n) is 5.54. The zero-order valence-corrected chi connectivity index (χ0v) is 6.36. The largest absolute Gasteiger partial charge is 0.380 e. The Balaban J connectivity index is 2.30. The molecule has 1 saturated heterocycles. The molecule has 0 aromatic heterocycles. The molecule has 54 valence electrons. The monoisotopic (exact) mass is 148 g/mol. The molecule has 1 aliphatic rings. The molecule has 2 nitrogen and oxygen atoms in total. The van der Waals surface area contributed by atoms with Gasteiger partial charge in [0.15, 0.2) is 0 Å². The lowest BCUT2D eigenvalue weighted by molar-refractivity contribution is -0.00384. The maximum atomic E-state index is 9.21. The molecule has 1 fully saturated rings. The lowest BCUT2D eigenvalue weighted by Gasteiger charge is -2.26. The highest BCUT2D eigenvalue weighted by Gasteiger charge is 2.21. The summed E-state index contributed by atoms with van der Waals surface area (Å²) in [6, 6.07) is 0. The number of aliphatic hydroxyl groups excluding tert-OH is 1. The summed E-state index contributed by atoms with van der Waals surface area (Å²) in [5, 5.41) is 9.21. The first kappa shape index (κ1) is 7.38. The van der Waals surface area contributed by atoms with Crippen LogP contribution >= 0.6 is 11.8 Å². The van der Waals surface area contributed by atoms with E-state index in [1.807, 2.05) is 6.92 Å². The fraction of sp³-hybridized carbons (Fsp3) is 1.00. The Hall–Kier alpha value is 0.270. The van der Waals surface area contributed by atoms with Crippen molar-refractivity contribution in [2.45, 2.75) is 24.9 Å². The van der Waals surface area contributed by atoms with Gasteiger partial charge in [-0.1, -0.05) is 6.92 Å². The third kappa shape index (κ3) is 1.85. The van der Waals surface area contributed by atoms with Crippen LogP contribution in [0.2, 0.25) is 0 Å². The van der Waals surface area contributed by atoms with Crippen molar-refractivity contribution in [3.05, 3.63) is 0 Å². The number of rotatable bonds is 1. The second kappa shape index (κ2) is 3.44. The lowest BCUT2D eigenvalue weighted by Crippen LogP contribution is -2.31. The highest BCUT2D eigenvalue weighted by atomic mass is 32.2. The fourth-order valence-corrected chi connectivity index (χ4v) is 1.80. The molecule has 9 heavy (non-hydrogen) atoms. The number of hydrogen-bond acceptors (Lipinski definition) is 3. The number of hydrogen-bond donors (Lipinski definition) is 1. The van der Waals surface area contributed by atoms with Crippen molar-refractivity contribution < 1.29 is 9.84 Å². The van der Waals surface area contributed by atoms with Crippen molar-refractivity contribution in [1.29, 1.82) is 0 Å². The molecule has 0 radical (unpaired) electrons. The van der Waals surface area contributed by atoms with Gasteiger partial charge in [-0.05, 0) is 6.42 Å². The Morgan fingerprint density at radius 2 is 2.56 bits per heavy atom. The van der Waals surface area contributed by atoms with Gasteiger partial charge >= 0.3 is 0 Å². The van der Waals surface area contributed by atoms with Gasteiger partial charge in [0.25, 0.3) is 0 Å². The van der Waals surface area contributed by atoms with E-state index in [1.165, 1.54) is 0 Å². The number of thioether (sulfide) groups is 1. The van der Waals surface area contributed by atoms with Crippen LogP contribution in [0.15, 0.2) is 0 Å². The van der Waals surface area contributed by atoms with E-state index in [4.69, 9.17) is 4.74 Å². The van der Waals surface area contributed by atoms with E-state index in [-0.39, 0.29) is 11.5 Å². The smallest absolute Gasteiger partial charge is 0.125 e. The standard InChI is InChI=1S/C6H12O2S/c1-2-5-6(7)9-4-3-8-5/h5-7H,2-4H2,1H3. The summed E-state index contributed by atoms with van der Waals surface area (Å²) >= 11 is 1.58. The normalized spacial score (nSPS) is 36.7. The minimum atomic E-state index is -0.288. The first-order valence-corrected chi connectivity index (χ1v) is 4.30. The molecule has 0 spiro atoms. The average molecular weight is 148 g/mol. The molecule has 0 amide bonds. The predicted octanol–water partition coefficient (Wildman–Crippen LogP) is 0.847. The lowest BCUT2D eigenvalue weighted by atomic mass is 10.3. The van der Waals surface area contributed by atoms with Gasteiger partial charge in [0.1, 0.15) is 5.44 Å². The number of ether oxygens (including phenoxy) is 1. The molecule has 1 aliphatic heterocycles. The van der Waals surface area contributed by atoms with E-state index in [0.29, 0.717) is 0 Å². The summed E-state index contributed by atoms with van der Waals surface area (Å²) < 4.78 is 5.27. The van der Waals surface area contributed by atoms with Crippen molar-refractivity contribution in [2.24, 2.45) is 0 Å². The van der Waals surface area contributed by atoms with Crippen LogP contribution in [0.1, 0.15) is 13.3 Å². The first-order chi connectivity index (χ1) is 4.34. The molecule has 0 bridgehead atoms. The summed E-state index contributed by atoms with van der Waals surface area (Å²) in [5.41, 5.74) is -0.288. The molecule has 2 atom stereocenters. The summed E-state index contributed by atoms with van der Waals surface area (Å²) in [4.78, 5) is 0. The van der Waals surface area contributed by atoms with Crippen molar-refractivity contribution in [2.75, 3.05) is 12.4 Å². The zero-order chi connectivity index (χ0) is 6.69. The molecule has 0 saturated carbocycles. The van der Waals surface area contributed by atoms with Gasteiger partial charge in [0.05, 0.1) is 12.7 Å². The maximum absolute atomic E-state index is 9.21. The second-order valence-electron chi connectivity index (χ2n) is 2.08. The van der Waals surface area contributed by atoms with Crippen LogP contribution in [0.4, 0.5) is 0 Å². The Morgan fingerprint density at radius 3 is 3.00 bits per heavy atom. The molecule has 1 N–H and O–H groups in total. The average Bonchev–Trinajstić information content (AvgIpc) is 1.89. The molecule has 0 aromatic rings. The van der Waals surface area contributed by atoms with Crippen molar-refractivity contribution >= 4 is 11.8 Å². The second-order valence-corrected chi connectivity index (χ2v) is 3.30. The minimum Gasteiger partial charge on any atom is -0.380 e. The van der Waals surface area contributed by atoms with Crippen LogP contribution in [0.25, 0.3) is 0 Å². The molecule has 3 heteroatoms. The molecule has 0 aliphatic carbocycles. The van der Waals surface area contributed by atoms with Gasteiger partial charge in [-0.3, -0.25) is 0 Å². The Morgan fingerprint density at radius 1 is 1.78 bits per heavy atom. The van der Waals surface area contributed by atoms with E-state index in [1.54, 1.807) is 11.8 Å². The van der Waals surface area contributed by atoms with E-state index < -0.39 is 0 Å². The molecule has 2 unspecified atom stereocenters. The van der Waals surface area contributed by atoms with E-state index in [2.05, 4.69) is 0 Å². The van der Waals surface area contributed by atoms with Crippen molar-refractivity contribution in [3.63, 3.8) is 0 Å². The summed E-state index contributed by atoms with van der Waals surface area (Å²) in [5.74, 6) is 0.928. The van der Waals surface area contributed by atoms with Crippen LogP contribution in [0.5, 0.6) is 0 Å². The molecule has 1 rings (SSSR count). The first-order valence-electron chi connectivity index (χ1n) is 3.26. The van der Waals surface area contributed by atoms with Gasteiger partial charge in [0, 0.05) is 5.75 Å². The highest BCUT2D eigenvalue weighted by Crippen LogP contribution is 2.21. The third-order valence-electron chi connectivity index (χ3n) is 1.42.